The molecule has 0 nitrogen and oxygen atoms in total. The molecule has 2 saturated heterocycles. The first-order valence-corrected chi connectivity index (χ1v) is 22.4. The predicted octanol–water partition coefficient (Wildman–Crippen LogP) is 14.4. The van der Waals surface area contributed by atoms with Crippen molar-refractivity contribution >= 4 is 58.9 Å². The Bertz CT molecular complexity index is 2240. The van der Waals surface area contributed by atoms with Crippen molar-refractivity contribution in [2.24, 2.45) is 0 Å². The van der Waals surface area contributed by atoms with Crippen molar-refractivity contribution in [1.82, 2.24) is 0 Å². The van der Waals surface area contributed by atoms with Crippen LogP contribution in [0.15, 0.2) is 170 Å². The minimum atomic E-state index is -0.461. The van der Waals surface area contributed by atoms with Gasteiger partial charge in [-0.2, -0.15) is 0 Å². The van der Waals surface area contributed by atoms with E-state index in [2.05, 4.69) is 177 Å². The van der Waals surface area contributed by atoms with E-state index in [1.165, 1.54) is 81.1 Å². The monoisotopic (exact) mass is 706 g/mol. The van der Waals surface area contributed by atoms with Gasteiger partial charge in [0.2, 0.25) is 0 Å². The Morgan fingerprint density at radius 3 is 0.942 bits per heavy atom. The maximum absolute atomic E-state index is 2.73. The molecule has 10 rings (SSSR count). The van der Waals surface area contributed by atoms with E-state index in [0.717, 1.165) is 0 Å². The normalized spacial score (nSPS) is 20.2. The van der Waals surface area contributed by atoms with Crippen molar-refractivity contribution in [1.29, 1.82) is 0 Å². The maximum atomic E-state index is 2.73. The van der Waals surface area contributed by atoms with Crippen molar-refractivity contribution in [2.75, 3.05) is 12.3 Å². The van der Waals surface area contributed by atoms with Crippen LogP contribution in [0, 0.1) is 0 Å². The van der Waals surface area contributed by atoms with Gasteiger partial charge in [0.25, 0.3) is 0 Å². The Balaban J connectivity index is 1.24. The average molecular weight is 707 g/mol. The van der Waals surface area contributed by atoms with Gasteiger partial charge in [-0.3, -0.25) is 0 Å². The zero-order chi connectivity index (χ0) is 34.7. The van der Waals surface area contributed by atoms with Gasteiger partial charge in [-0.25, -0.2) is 0 Å². The summed E-state index contributed by atoms with van der Waals surface area (Å²) in [5, 5.41) is 11.8. The third-order valence-electron chi connectivity index (χ3n) is 12.7. The summed E-state index contributed by atoms with van der Waals surface area (Å²) < 4.78 is 0. The summed E-state index contributed by atoms with van der Waals surface area (Å²) in [6.45, 7) is 2.73. The molecule has 2 aliphatic rings. The van der Waals surface area contributed by atoms with Crippen LogP contribution in [0.3, 0.4) is 0 Å². The van der Waals surface area contributed by atoms with E-state index in [4.69, 9.17) is 0 Å². The zero-order valence-electron chi connectivity index (χ0n) is 29.9. The van der Waals surface area contributed by atoms with Crippen molar-refractivity contribution in [3.05, 3.63) is 192 Å². The summed E-state index contributed by atoms with van der Waals surface area (Å²) in [5.41, 5.74) is 6.25. The molecule has 0 aromatic heterocycles. The summed E-state index contributed by atoms with van der Waals surface area (Å²) in [7, 11) is -0.922. The van der Waals surface area contributed by atoms with Crippen molar-refractivity contribution < 1.29 is 0 Å². The smallest absolute Gasteiger partial charge is 0.0419 e. The van der Waals surface area contributed by atoms with E-state index in [9.17, 15) is 0 Å². The first-order valence-electron chi connectivity index (χ1n) is 19.2. The Morgan fingerprint density at radius 2 is 0.635 bits per heavy atom. The van der Waals surface area contributed by atoms with Gasteiger partial charge in [0, 0.05) is 10.3 Å². The highest BCUT2D eigenvalue weighted by atomic mass is 31.2. The fourth-order valence-electron chi connectivity index (χ4n) is 10.7. The topological polar surface area (TPSA) is 0 Å². The van der Waals surface area contributed by atoms with Gasteiger partial charge in [0.15, 0.2) is 0 Å². The van der Waals surface area contributed by atoms with Crippen molar-refractivity contribution in [2.45, 2.75) is 48.3 Å². The standard InChI is InChI=1S/C50H44P2/c1-36(51-34-14-32-49(51,45-28-10-20-37-16-2-6-24-41(37)45)46-29-11-21-38-17-3-7-25-42(38)46)52-35-15-33-50(52,47-30-12-22-39-18-4-8-26-43(39)47)48-31-13-23-40-19-5-9-27-44(40)48/h2-13,16-31,36H,14-15,32-35H2,1H3. The Morgan fingerprint density at radius 1 is 0.365 bits per heavy atom. The van der Waals surface area contributed by atoms with Gasteiger partial charge in [0.1, 0.15) is 0 Å². The van der Waals surface area contributed by atoms with Crippen LogP contribution >= 0.6 is 15.8 Å². The van der Waals surface area contributed by atoms with E-state index in [0.29, 0.717) is 5.40 Å². The summed E-state index contributed by atoms with van der Waals surface area (Å²) >= 11 is 0. The molecule has 2 unspecified atom stereocenters. The minimum Gasteiger partial charge on any atom is -0.0837 e. The van der Waals surface area contributed by atoms with Crippen LogP contribution in [-0.2, 0) is 10.3 Å². The Kier molecular flexibility index (Phi) is 8.05. The Labute approximate surface area is 310 Å². The maximum Gasteiger partial charge on any atom is 0.0419 e. The highest BCUT2D eigenvalue weighted by Crippen LogP contribution is 2.81. The quantitative estimate of drug-likeness (QED) is 0.151. The van der Waals surface area contributed by atoms with Crippen LogP contribution in [0.25, 0.3) is 43.1 Å². The summed E-state index contributed by atoms with van der Waals surface area (Å²) in [6.07, 6.45) is 7.63. The van der Waals surface area contributed by atoms with E-state index in [1.807, 2.05) is 0 Å². The second-order valence-corrected chi connectivity index (χ2v) is 21.3. The first kappa shape index (κ1) is 32.3. The molecular formula is C50H44P2. The van der Waals surface area contributed by atoms with Crippen LogP contribution in [0.1, 0.15) is 54.9 Å². The third-order valence-corrected chi connectivity index (χ3v) is 21.1. The lowest BCUT2D eigenvalue weighted by Crippen LogP contribution is -2.30. The SMILES string of the molecule is CC(P1CCCC1(c1cccc2ccccc12)c1cccc2ccccc12)P1CCCC1(c1cccc2ccccc12)c1cccc2ccccc12. The molecule has 0 radical (unpaired) electrons. The predicted molar refractivity (Wildman–Crippen MR) is 229 cm³/mol. The van der Waals surface area contributed by atoms with Gasteiger partial charge in [-0.05, 0) is 109 Å². The lowest BCUT2D eigenvalue weighted by Gasteiger charge is -2.48. The molecule has 8 aromatic rings. The van der Waals surface area contributed by atoms with Crippen LogP contribution < -0.4 is 0 Å². The van der Waals surface area contributed by atoms with E-state index < -0.39 is 15.8 Å². The fraction of sp³-hybridized carbons (Fsp3) is 0.200. The van der Waals surface area contributed by atoms with Gasteiger partial charge < -0.3 is 0 Å². The van der Waals surface area contributed by atoms with Crippen molar-refractivity contribution in [3.8, 4) is 0 Å². The molecule has 8 aromatic carbocycles. The van der Waals surface area contributed by atoms with Crippen LogP contribution in [-0.4, -0.2) is 17.7 Å². The highest BCUT2D eigenvalue weighted by molar-refractivity contribution is 7.77. The lowest BCUT2D eigenvalue weighted by molar-refractivity contribution is 0.683. The molecule has 254 valence electrons. The summed E-state index contributed by atoms with van der Waals surface area (Å²) in [4.78, 5) is 0. The first-order chi connectivity index (χ1) is 25.7. The lowest BCUT2D eigenvalue weighted by atomic mass is 9.82. The van der Waals surface area contributed by atoms with Crippen LogP contribution in [0.4, 0.5) is 0 Å². The van der Waals surface area contributed by atoms with Crippen molar-refractivity contribution in [3.63, 3.8) is 0 Å². The molecule has 52 heavy (non-hydrogen) atoms. The largest absolute Gasteiger partial charge is 0.0837 e. The molecule has 0 bridgehead atoms. The summed E-state index contributed by atoms with van der Waals surface area (Å²) in [5.74, 6) is 0. The molecule has 0 saturated carbocycles. The molecule has 2 fully saturated rings. The minimum absolute atomic E-state index is 0.0232. The number of hydrogen-bond acceptors (Lipinski definition) is 0. The van der Waals surface area contributed by atoms with Gasteiger partial charge in [0.05, 0.1) is 0 Å². The molecular weight excluding hydrogens is 662 g/mol. The molecule has 0 amide bonds. The van der Waals surface area contributed by atoms with Gasteiger partial charge >= 0.3 is 0 Å². The van der Waals surface area contributed by atoms with Gasteiger partial charge in [-0.1, -0.05) is 193 Å². The summed E-state index contributed by atoms with van der Waals surface area (Å²) in [6, 6.07) is 65.5. The Hall–Kier alpha value is -4.34. The molecule has 2 heterocycles. The van der Waals surface area contributed by atoms with Crippen LogP contribution in [0.2, 0.25) is 0 Å². The second kappa shape index (κ2) is 13.0. The molecule has 2 aliphatic heterocycles. The van der Waals surface area contributed by atoms with E-state index in [1.54, 1.807) is 22.3 Å². The zero-order valence-corrected chi connectivity index (χ0v) is 31.7. The van der Waals surface area contributed by atoms with E-state index in [-0.39, 0.29) is 10.3 Å². The highest BCUT2D eigenvalue weighted by Gasteiger charge is 2.55. The third kappa shape index (κ3) is 4.81. The number of fused-ring (bicyclic) bond motifs is 4. The van der Waals surface area contributed by atoms with E-state index >= 15 is 0 Å². The average Bonchev–Trinajstić information content (AvgIpc) is 3.86. The van der Waals surface area contributed by atoms with Crippen LogP contribution in [0.5, 0.6) is 0 Å². The second-order valence-electron chi connectivity index (χ2n) is 15.1. The molecule has 2 heteroatoms. The molecule has 0 aliphatic carbocycles. The number of benzene rings is 8. The number of rotatable bonds is 6. The molecule has 0 N–H and O–H groups in total. The molecule has 0 spiro atoms. The number of hydrogen-bond donors (Lipinski definition) is 0. The molecule has 2 atom stereocenters. The van der Waals surface area contributed by atoms with Gasteiger partial charge in [-0.15, -0.1) is 0 Å². The fourth-order valence-corrected chi connectivity index (χ4v) is 20.6.